The minimum Gasteiger partial charge on any atom is -0.338 e. The lowest BCUT2D eigenvalue weighted by atomic mass is 10.2. The maximum atomic E-state index is 12.2. The van der Waals surface area contributed by atoms with Crippen molar-refractivity contribution in [1.82, 2.24) is 9.80 Å². The maximum Gasteiger partial charge on any atom is 0.246 e. The zero-order chi connectivity index (χ0) is 15.0. The van der Waals surface area contributed by atoms with Crippen molar-refractivity contribution in [1.29, 1.82) is 0 Å². The number of carbonyl (C=O) groups is 2. The third kappa shape index (κ3) is 2.99. The summed E-state index contributed by atoms with van der Waals surface area (Å²) in [6.07, 6.45) is 3.89. The molecule has 21 heavy (non-hydrogen) atoms. The molecule has 2 heterocycles. The van der Waals surface area contributed by atoms with E-state index in [0.717, 1.165) is 18.4 Å². The number of thiophene rings is 1. The molecule has 112 valence electrons. The van der Waals surface area contributed by atoms with Gasteiger partial charge in [0, 0.05) is 36.5 Å². The fourth-order valence-corrected chi connectivity index (χ4v) is 3.81. The molecule has 0 radical (unpaired) electrons. The largest absolute Gasteiger partial charge is 0.338 e. The van der Waals surface area contributed by atoms with E-state index in [1.807, 2.05) is 15.7 Å². The van der Waals surface area contributed by atoms with E-state index in [1.54, 1.807) is 4.90 Å². The third-order valence-electron chi connectivity index (χ3n) is 4.05. The Morgan fingerprint density at radius 3 is 2.86 bits per heavy atom. The summed E-state index contributed by atoms with van der Waals surface area (Å²) < 4.78 is 0. The van der Waals surface area contributed by atoms with Crippen LogP contribution in [0.2, 0.25) is 5.02 Å². The van der Waals surface area contributed by atoms with E-state index in [0.29, 0.717) is 30.6 Å². The second-order valence-electron chi connectivity index (χ2n) is 5.55. The summed E-state index contributed by atoms with van der Waals surface area (Å²) in [5.41, 5.74) is 0.925. The normalized spacial score (nSPS) is 21.7. The van der Waals surface area contributed by atoms with E-state index in [4.69, 9.17) is 11.6 Å². The van der Waals surface area contributed by atoms with Gasteiger partial charge in [-0.2, -0.15) is 11.3 Å². The molecule has 3 rings (SSSR count). The fraction of sp³-hybridized carbons (Fsp3) is 0.467. The lowest BCUT2D eigenvalue weighted by Crippen LogP contribution is -2.41. The first-order chi connectivity index (χ1) is 10.1. The molecule has 4 nitrogen and oxygen atoms in total. The van der Waals surface area contributed by atoms with Crippen molar-refractivity contribution >= 4 is 34.8 Å². The van der Waals surface area contributed by atoms with Crippen LogP contribution in [-0.4, -0.2) is 40.2 Å². The molecule has 1 saturated heterocycles. The van der Waals surface area contributed by atoms with Gasteiger partial charge in [0.05, 0.1) is 11.1 Å². The third-order valence-corrected chi connectivity index (χ3v) is 5.33. The highest BCUT2D eigenvalue weighted by atomic mass is 35.5. The highest BCUT2D eigenvalue weighted by Crippen LogP contribution is 2.33. The molecule has 1 aliphatic carbocycles. The standard InChI is InChI=1S/C15H17ClN2O2S/c1-2-14(19)17(6-10-8-21-9-13(10)16)12-5-15(20)18(7-12)11-3-4-11/h2,8-9,11-12H,1,3-7H2. The first kappa shape index (κ1) is 14.6. The molecule has 1 unspecified atom stereocenters. The molecule has 0 aromatic carbocycles. The zero-order valence-electron chi connectivity index (χ0n) is 11.6. The molecule has 0 spiro atoms. The van der Waals surface area contributed by atoms with E-state index in [9.17, 15) is 9.59 Å². The molecule has 1 atom stereocenters. The number of carbonyl (C=O) groups excluding carboxylic acids is 2. The summed E-state index contributed by atoms with van der Waals surface area (Å²) in [5, 5.41) is 4.47. The molecule has 2 amide bonds. The van der Waals surface area contributed by atoms with Crippen LogP contribution in [0.1, 0.15) is 24.8 Å². The second-order valence-corrected chi connectivity index (χ2v) is 6.70. The minimum atomic E-state index is -0.146. The smallest absolute Gasteiger partial charge is 0.246 e. The van der Waals surface area contributed by atoms with Crippen LogP contribution in [0.15, 0.2) is 23.4 Å². The van der Waals surface area contributed by atoms with E-state index < -0.39 is 0 Å². The van der Waals surface area contributed by atoms with Gasteiger partial charge in [-0.3, -0.25) is 9.59 Å². The van der Waals surface area contributed by atoms with Crippen LogP contribution >= 0.6 is 22.9 Å². The number of likely N-dealkylation sites (tertiary alicyclic amines) is 1. The quantitative estimate of drug-likeness (QED) is 0.781. The Balaban J connectivity index is 1.76. The molecular formula is C15H17ClN2O2S. The van der Waals surface area contributed by atoms with Crippen LogP contribution in [0.25, 0.3) is 0 Å². The van der Waals surface area contributed by atoms with Gasteiger partial charge in [-0.1, -0.05) is 18.2 Å². The summed E-state index contributed by atoms with van der Waals surface area (Å²) >= 11 is 7.64. The van der Waals surface area contributed by atoms with Gasteiger partial charge >= 0.3 is 0 Å². The van der Waals surface area contributed by atoms with Gasteiger partial charge in [0.1, 0.15) is 0 Å². The van der Waals surface area contributed by atoms with E-state index in [-0.39, 0.29) is 17.9 Å². The molecule has 1 saturated carbocycles. The number of hydrogen-bond donors (Lipinski definition) is 0. The number of rotatable bonds is 5. The fourth-order valence-electron chi connectivity index (χ4n) is 2.77. The number of amides is 2. The summed E-state index contributed by atoms with van der Waals surface area (Å²) in [5.74, 6) is 0.00786. The highest BCUT2D eigenvalue weighted by Gasteiger charge is 2.42. The Hall–Kier alpha value is -1.33. The van der Waals surface area contributed by atoms with Crippen LogP contribution in [0.5, 0.6) is 0 Å². The van der Waals surface area contributed by atoms with Crippen LogP contribution in [0.3, 0.4) is 0 Å². The number of halogens is 1. The van der Waals surface area contributed by atoms with Crippen LogP contribution < -0.4 is 0 Å². The second kappa shape index (κ2) is 5.81. The zero-order valence-corrected chi connectivity index (χ0v) is 13.2. The molecule has 6 heteroatoms. The summed E-state index contributed by atoms with van der Waals surface area (Å²) in [6.45, 7) is 4.63. The molecule has 1 aromatic rings. The molecule has 1 aromatic heterocycles. The SMILES string of the molecule is C=CC(=O)N(Cc1cscc1Cl)C1CC(=O)N(C2CC2)C1. The van der Waals surface area contributed by atoms with Crippen LogP contribution in [-0.2, 0) is 16.1 Å². The van der Waals surface area contributed by atoms with E-state index in [1.165, 1.54) is 17.4 Å². The van der Waals surface area contributed by atoms with Crippen molar-refractivity contribution in [3.05, 3.63) is 34.0 Å². The van der Waals surface area contributed by atoms with Gasteiger partial charge in [0.2, 0.25) is 11.8 Å². The average molecular weight is 325 g/mol. The van der Waals surface area contributed by atoms with Crippen molar-refractivity contribution < 1.29 is 9.59 Å². The highest BCUT2D eigenvalue weighted by molar-refractivity contribution is 7.08. The van der Waals surface area contributed by atoms with Gasteiger partial charge in [0.15, 0.2) is 0 Å². The topological polar surface area (TPSA) is 40.6 Å². The van der Waals surface area contributed by atoms with Crippen molar-refractivity contribution in [3.63, 3.8) is 0 Å². The molecule has 0 bridgehead atoms. The molecular weight excluding hydrogens is 308 g/mol. The van der Waals surface area contributed by atoms with Gasteiger partial charge in [-0.25, -0.2) is 0 Å². The number of nitrogens with zero attached hydrogens (tertiary/aromatic N) is 2. The van der Waals surface area contributed by atoms with Gasteiger partial charge in [-0.15, -0.1) is 0 Å². The first-order valence-electron chi connectivity index (χ1n) is 7.03. The van der Waals surface area contributed by atoms with Gasteiger partial charge in [0.25, 0.3) is 0 Å². The average Bonchev–Trinajstić information content (AvgIpc) is 3.13. The van der Waals surface area contributed by atoms with Crippen molar-refractivity contribution in [2.45, 2.75) is 37.9 Å². The first-order valence-corrected chi connectivity index (χ1v) is 8.35. The molecule has 2 fully saturated rings. The maximum absolute atomic E-state index is 12.2. The lowest BCUT2D eigenvalue weighted by Gasteiger charge is -2.27. The predicted molar refractivity (Wildman–Crippen MR) is 83.2 cm³/mol. The Bertz CT molecular complexity index is 582. The summed E-state index contributed by atoms with van der Waals surface area (Å²) in [4.78, 5) is 27.9. The molecule has 0 N–H and O–H groups in total. The van der Waals surface area contributed by atoms with E-state index >= 15 is 0 Å². The Labute approximate surface area is 133 Å². The number of hydrogen-bond acceptors (Lipinski definition) is 3. The van der Waals surface area contributed by atoms with Crippen LogP contribution in [0.4, 0.5) is 0 Å². The molecule has 2 aliphatic rings. The summed E-state index contributed by atoms with van der Waals surface area (Å²) in [7, 11) is 0. The Kier molecular flexibility index (Phi) is 4.04. The van der Waals surface area contributed by atoms with Crippen molar-refractivity contribution in [3.8, 4) is 0 Å². The summed E-state index contributed by atoms with van der Waals surface area (Å²) in [6, 6.07) is 0.312. The van der Waals surface area contributed by atoms with Gasteiger partial charge < -0.3 is 9.80 Å². The van der Waals surface area contributed by atoms with Gasteiger partial charge in [-0.05, 0) is 24.3 Å². The van der Waals surface area contributed by atoms with Crippen molar-refractivity contribution in [2.24, 2.45) is 0 Å². The Morgan fingerprint density at radius 1 is 1.52 bits per heavy atom. The monoisotopic (exact) mass is 324 g/mol. The lowest BCUT2D eigenvalue weighted by molar-refractivity contribution is -0.128. The molecule has 1 aliphatic heterocycles. The minimum absolute atomic E-state index is 0.0837. The van der Waals surface area contributed by atoms with Crippen LogP contribution in [0, 0.1) is 0 Å². The van der Waals surface area contributed by atoms with Crippen molar-refractivity contribution in [2.75, 3.05) is 6.54 Å². The predicted octanol–water partition coefficient (Wildman–Crippen LogP) is 2.68. The van der Waals surface area contributed by atoms with E-state index in [2.05, 4.69) is 6.58 Å². The Morgan fingerprint density at radius 2 is 2.29 bits per heavy atom.